The minimum absolute atomic E-state index is 0.312. The van der Waals surface area contributed by atoms with Gasteiger partial charge in [-0.1, -0.05) is 24.3 Å². The van der Waals surface area contributed by atoms with Crippen LogP contribution in [0.2, 0.25) is 0 Å². The van der Waals surface area contributed by atoms with E-state index in [0.29, 0.717) is 36.7 Å². The number of aryl methyl sites for hydroxylation is 2. The number of alkyl halides is 12. The monoisotopic (exact) mass is 662 g/mol. The molecule has 0 spiro atoms. The van der Waals surface area contributed by atoms with Gasteiger partial charge in [0.15, 0.2) is 0 Å². The van der Waals surface area contributed by atoms with Gasteiger partial charge in [-0.3, -0.25) is 0 Å². The fraction of sp³-hybridized carbons (Fsp3) is 0.385. The van der Waals surface area contributed by atoms with Crippen molar-refractivity contribution in [2.75, 3.05) is 0 Å². The molecule has 44 heavy (non-hydrogen) atoms. The molecule has 0 aliphatic carbocycles. The van der Waals surface area contributed by atoms with Crippen molar-refractivity contribution < 1.29 is 57.2 Å². The second kappa shape index (κ2) is 10.9. The van der Waals surface area contributed by atoms with Crippen LogP contribution in [-0.2, 0) is 22.3 Å². The summed E-state index contributed by atoms with van der Waals surface area (Å²) in [6, 6.07) is 3.68. The zero-order chi connectivity index (χ0) is 33.1. The maximum Gasteiger partial charge on any atom is 0.440 e. The SMILES string of the molecule is Cc1ccc(C2(C(F)(F)F)C=CN=N2)cc1C([S+]([O-])C(c1cc(C2(C(F)(F)F)C=CN=N2)ccc1C)C(F)(F)F)C(F)(F)F. The van der Waals surface area contributed by atoms with E-state index >= 15 is 0 Å². The van der Waals surface area contributed by atoms with Crippen LogP contribution in [0.15, 0.2) is 81.4 Å². The van der Waals surface area contributed by atoms with Gasteiger partial charge in [-0.15, -0.1) is 0 Å². The number of hydrogen-bond donors (Lipinski definition) is 0. The van der Waals surface area contributed by atoms with E-state index in [9.17, 15) is 57.2 Å². The second-order valence-corrected chi connectivity index (χ2v) is 11.5. The first-order chi connectivity index (χ1) is 20.1. The van der Waals surface area contributed by atoms with E-state index in [-0.39, 0.29) is 0 Å². The zero-order valence-electron chi connectivity index (χ0n) is 22.1. The molecule has 4 atom stereocenters. The van der Waals surface area contributed by atoms with E-state index in [4.69, 9.17) is 0 Å². The van der Waals surface area contributed by atoms with Crippen molar-refractivity contribution in [2.45, 2.75) is 60.1 Å². The molecule has 2 aliphatic heterocycles. The van der Waals surface area contributed by atoms with Crippen molar-refractivity contribution in [1.29, 1.82) is 0 Å². The maximum atomic E-state index is 14.6. The molecule has 0 bridgehead atoms. The highest BCUT2D eigenvalue weighted by atomic mass is 32.2. The van der Waals surface area contributed by atoms with Gasteiger partial charge in [-0.2, -0.15) is 73.1 Å². The van der Waals surface area contributed by atoms with Gasteiger partial charge in [0.2, 0.25) is 21.6 Å². The lowest BCUT2D eigenvalue weighted by Gasteiger charge is -2.34. The first kappa shape index (κ1) is 33.5. The highest BCUT2D eigenvalue weighted by Crippen LogP contribution is 2.54. The molecule has 2 aromatic carbocycles. The van der Waals surface area contributed by atoms with Crippen LogP contribution in [0.25, 0.3) is 0 Å². The topological polar surface area (TPSA) is 72.5 Å². The Balaban J connectivity index is 1.93. The van der Waals surface area contributed by atoms with Gasteiger partial charge in [0.05, 0.1) is 0 Å². The van der Waals surface area contributed by atoms with Crippen LogP contribution in [0.5, 0.6) is 0 Å². The van der Waals surface area contributed by atoms with Gasteiger partial charge in [0, 0.05) is 23.5 Å². The molecule has 0 saturated carbocycles. The first-order valence-electron chi connectivity index (χ1n) is 12.1. The van der Waals surface area contributed by atoms with Crippen LogP contribution in [0.3, 0.4) is 0 Å². The number of benzene rings is 2. The third-order valence-corrected chi connectivity index (χ3v) is 9.09. The van der Waals surface area contributed by atoms with E-state index in [1.165, 1.54) is 0 Å². The van der Waals surface area contributed by atoms with Crippen molar-refractivity contribution >= 4 is 11.2 Å². The second-order valence-electron chi connectivity index (χ2n) is 9.91. The predicted molar refractivity (Wildman–Crippen MR) is 132 cm³/mol. The number of rotatable bonds is 6. The van der Waals surface area contributed by atoms with Crippen LogP contribution in [0, 0.1) is 13.8 Å². The smallest absolute Gasteiger partial charge is 0.440 e. The minimum Gasteiger partial charge on any atom is -0.615 e. The Bertz CT molecular complexity index is 1400. The summed E-state index contributed by atoms with van der Waals surface area (Å²) in [5.74, 6) is 0. The Labute approximate surface area is 243 Å². The Morgan fingerprint density at radius 1 is 0.614 bits per heavy atom. The molecular weight excluding hydrogens is 644 g/mol. The zero-order valence-corrected chi connectivity index (χ0v) is 22.9. The molecule has 5 nitrogen and oxygen atoms in total. The lowest BCUT2D eigenvalue weighted by Crippen LogP contribution is -2.40. The van der Waals surface area contributed by atoms with Gasteiger partial charge < -0.3 is 4.55 Å². The number of nitrogens with zero attached hydrogens (tertiary/aromatic N) is 4. The van der Waals surface area contributed by atoms with E-state index < -0.39 is 90.8 Å². The highest BCUT2D eigenvalue weighted by molar-refractivity contribution is 7.92. The van der Waals surface area contributed by atoms with Gasteiger partial charge >= 0.3 is 24.7 Å². The molecule has 0 amide bonds. The summed E-state index contributed by atoms with van der Waals surface area (Å²) >= 11 is -4.10. The molecule has 0 aromatic heterocycles. The van der Waals surface area contributed by atoms with Crippen molar-refractivity contribution in [2.24, 2.45) is 20.5 Å². The molecule has 0 fully saturated rings. The van der Waals surface area contributed by atoms with Crippen molar-refractivity contribution in [1.82, 2.24) is 0 Å². The fourth-order valence-electron chi connectivity index (χ4n) is 4.86. The molecule has 2 aromatic rings. The number of halogens is 12. The molecular formula is C26H18F12N4OS. The molecule has 2 heterocycles. The first-order valence-corrected chi connectivity index (χ1v) is 13.4. The summed E-state index contributed by atoms with van der Waals surface area (Å²) in [6.07, 6.45) is -19.8. The fourth-order valence-corrected chi connectivity index (χ4v) is 6.67. The van der Waals surface area contributed by atoms with Gasteiger partial charge in [-0.25, -0.2) is 0 Å². The van der Waals surface area contributed by atoms with Crippen LogP contribution in [-0.4, -0.2) is 29.3 Å². The van der Waals surface area contributed by atoms with Gasteiger partial charge in [0.25, 0.3) is 0 Å². The Morgan fingerprint density at radius 2 is 0.955 bits per heavy atom. The molecule has 2 aliphatic rings. The van der Waals surface area contributed by atoms with Crippen LogP contribution < -0.4 is 0 Å². The quantitative estimate of drug-likeness (QED) is 0.224. The van der Waals surface area contributed by atoms with E-state index in [1.54, 1.807) is 0 Å². The average molecular weight is 663 g/mol. The lowest BCUT2D eigenvalue weighted by molar-refractivity contribution is -0.174. The molecule has 4 unspecified atom stereocenters. The molecule has 18 heteroatoms. The van der Waals surface area contributed by atoms with Gasteiger partial charge in [-0.05, 0) is 71.6 Å². The van der Waals surface area contributed by atoms with E-state index in [1.807, 2.05) is 0 Å². The van der Waals surface area contributed by atoms with Crippen LogP contribution in [0.4, 0.5) is 52.7 Å². The van der Waals surface area contributed by atoms with Crippen molar-refractivity contribution in [3.05, 3.63) is 94.3 Å². The van der Waals surface area contributed by atoms with Crippen molar-refractivity contribution in [3.8, 4) is 0 Å². The normalized spacial score (nSPS) is 24.2. The minimum atomic E-state index is -5.74. The molecule has 0 radical (unpaired) electrons. The van der Waals surface area contributed by atoms with Crippen LogP contribution >= 0.6 is 0 Å². The van der Waals surface area contributed by atoms with Crippen molar-refractivity contribution in [3.63, 3.8) is 0 Å². The highest BCUT2D eigenvalue weighted by Gasteiger charge is 2.62. The predicted octanol–water partition coefficient (Wildman–Crippen LogP) is 9.43. The lowest BCUT2D eigenvalue weighted by atomic mass is 9.87. The molecule has 238 valence electrons. The summed E-state index contributed by atoms with van der Waals surface area (Å²) in [5, 5.41) is 5.37. The van der Waals surface area contributed by atoms with E-state index in [0.717, 1.165) is 38.1 Å². The molecule has 0 saturated heterocycles. The third-order valence-electron chi connectivity index (χ3n) is 7.12. The summed E-state index contributed by atoms with van der Waals surface area (Å²) in [4.78, 5) is 0. The summed E-state index contributed by atoms with van der Waals surface area (Å²) in [7, 11) is 0. The number of azo groups is 2. The molecule has 4 rings (SSSR count). The third kappa shape index (κ3) is 5.61. The largest absolute Gasteiger partial charge is 0.615 e. The summed E-state index contributed by atoms with van der Waals surface area (Å²) in [5.41, 5.74) is -11.7. The summed E-state index contributed by atoms with van der Waals surface area (Å²) in [6.45, 7) is 1.92. The Hall–Kier alpha value is -3.41. The van der Waals surface area contributed by atoms with Crippen LogP contribution in [0.1, 0.15) is 43.9 Å². The number of hydrogen-bond acceptors (Lipinski definition) is 5. The Kier molecular flexibility index (Phi) is 8.28. The standard InChI is InChI=1S/C26H18F12N4OS/c1-13-3-5-15(21(25(33,34)35)7-9-39-41-21)11-17(13)19(23(27,28)29)44(43)20(24(30,31)32)18-12-16(6-4-14(18)2)22(26(36,37)38)8-10-40-42-22/h3-12,19-20H,1-2H3. The molecule has 0 N–H and O–H groups in total. The average Bonchev–Trinajstić information content (AvgIpc) is 3.56. The van der Waals surface area contributed by atoms with Gasteiger partial charge in [0.1, 0.15) is 0 Å². The maximum absolute atomic E-state index is 14.6. The Morgan fingerprint density at radius 3 is 1.20 bits per heavy atom. The summed E-state index contributed by atoms with van der Waals surface area (Å²) < 4.78 is 185. The van der Waals surface area contributed by atoms with E-state index in [2.05, 4.69) is 20.5 Å².